The molecule has 3 nitrogen and oxygen atoms in total. The van der Waals surface area contributed by atoms with Crippen molar-refractivity contribution in [1.82, 2.24) is 10.6 Å². The molecule has 0 bridgehead atoms. The van der Waals surface area contributed by atoms with Crippen LogP contribution in [0.15, 0.2) is 0 Å². The van der Waals surface area contributed by atoms with Gasteiger partial charge in [0.25, 0.3) is 0 Å². The smallest absolute Gasteiger partial charge is 0.223 e. The number of nitrogens with one attached hydrogen (secondary N) is 2. The summed E-state index contributed by atoms with van der Waals surface area (Å²) < 4.78 is 0. The van der Waals surface area contributed by atoms with Gasteiger partial charge in [-0.1, -0.05) is 32.6 Å². The van der Waals surface area contributed by atoms with Crippen molar-refractivity contribution in [2.45, 2.75) is 70.9 Å². The number of hydrogen-bond donors (Lipinski definition) is 2. The zero-order chi connectivity index (χ0) is 13.0. The highest BCUT2D eigenvalue weighted by atomic mass is 35.5. The number of amides is 1. The maximum atomic E-state index is 12.4. The Morgan fingerprint density at radius 2 is 1.68 bits per heavy atom. The van der Waals surface area contributed by atoms with Gasteiger partial charge in [-0.15, -0.1) is 12.4 Å². The van der Waals surface area contributed by atoms with Crippen LogP contribution >= 0.6 is 12.4 Å². The molecule has 4 heteroatoms. The van der Waals surface area contributed by atoms with E-state index in [1.54, 1.807) is 0 Å². The summed E-state index contributed by atoms with van der Waals surface area (Å²) in [4.78, 5) is 12.4. The first-order chi connectivity index (χ1) is 8.68. The average Bonchev–Trinajstić information content (AvgIpc) is 2.62. The van der Waals surface area contributed by atoms with Gasteiger partial charge in [0.05, 0.1) is 0 Å². The zero-order valence-corrected chi connectivity index (χ0v) is 13.1. The molecule has 3 atom stereocenters. The van der Waals surface area contributed by atoms with Crippen LogP contribution in [0, 0.1) is 11.8 Å². The molecule has 1 saturated heterocycles. The number of piperidine rings is 1. The van der Waals surface area contributed by atoms with Gasteiger partial charge >= 0.3 is 0 Å². The van der Waals surface area contributed by atoms with Gasteiger partial charge < -0.3 is 10.6 Å². The normalized spacial score (nSPS) is 33.1. The van der Waals surface area contributed by atoms with Crippen molar-refractivity contribution in [1.29, 1.82) is 0 Å². The summed E-state index contributed by atoms with van der Waals surface area (Å²) in [5.41, 5.74) is 0. The lowest BCUT2D eigenvalue weighted by molar-refractivity contribution is -0.126. The van der Waals surface area contributed by atoms with E-state index in [4.69, 9.17) is 0 Å². The second-order valence-corrected chi connectivity index (χ2v) is 6.23. The minimum Gasteiger partial charge on any atom is -0.351 e. The molecule has 1 aliphatic carbocycles. The van der Waals surface area contributed by atoms with E-state index in [1.807, 2.05) is 0 Å². The standard InChI is InChI=1S/C15H28N2O.ClH/c1-11-9-10-16-12(2)14(11)17-15(18)13-7-5-3-4-6-8-13;/h11-14,16H,3-10H2,1-2H3,(H,17,18);1H. The van der Waals surface area contributed by atoms with Crippen molar-refractivity contribution in [2.24, 2.45) is 11.8 Å². The molecule has 1 heterocycles. The van der Waals surface area contributed by atoms with Gasteiger partial charge in [-0.25, -0.2) is 0 Å². The quantitative estimate of drug-likeness (QED) is 0.767. The van der Waals surface area contributed by atoms with Crippen LogP contribution in [0.5, 0.6) is 0 Å². The highest BCUT2D eigenvalue weighted by molar-refractivity contribution is 5.85. The Kier molecular flexibility index (Phi) is 7.16. The number of carbonyl (C=O) groups is 1. The summed E-state index contributed by atoms with van der Waals surface area (Å²) in [5, 5.41) is 6.78. The summed E-state index contributed by atoms with van der Waals surface area (Å²) in [7, 11) is 0. The molecule has 0 radical (unpaired) electrons. The maximum Gasteiger partial charge on any atom is 0.223 e. The molecule has 1 amide bonds. The minimum absolute atomic E-state index is 0. The molecule has 2 aliphatic rings. The van der Waals surface area contributed by atoms with E-state index in [0.29, 0.717) is 23.9 Å². The van der Waals surface area contributed by atoms with Gasteiger partial charge in [-0.2, -0.15) is 0 Å². The van der Waals surface area contributed by atoms with Crippen LogP contribution < -0.4 is 10.6 Å². The Morgan fingerprint density at radius 3 is 2.26 bits per heavy atom. The van der Waals surface area contributed by atoms with Crippen molar-refractivity contribution in [2.75, 3.05) is 6.54 Å². The molecule has 1 saturated carbocycles. The van der Waals surface area contributed by atoms with Crippen molar-refractivity contribution in [3.05, 3.63) is 0 Å². The van der Waals surface area contributed by atoms with Crippen molar-refractivity contribution in [3.8, 4) is 0 Å². The van der Waals surface area contributed by atoms with Crippen LogP contribution in [0.1, 0.15) is 58.8 Å². The lowest BCUT2D eigenvalue weighted by Crippen LogP contribution is -2.56. The Balaban J connectivity index is 0.00000180. The molecule has 1 aliphatic heterocycles. The molecule has 2 fully saturated rings. The fourth-order valence-corrected chi connectivity index (χ4v) is 3.43. The summed E-state index contributed by atoms with van der Waals surface area (Å²) >= 11 is 0. The van der Waals surface area contributed by atoms with E-state index in [0.717, 1.165) is 19.4 Å². The lowest BCUT2D eigenvalue weighted by Gasteiger charge is -2.36. The van der Waals surface area contributed by atoms with E-state index < -0.39 is 0 Å². The van der Waals surface area contributed by atoms with Crippen molar-refractivity contribution < 1.29 is 4.79 Å². The Bertz CT molecular complexity index is 267. The first-order valence-electron chi connectivity index (χ1n) is 7.72. The van der Waals surface area contributed by atoms with Gasteiger partial charge in [-0.05, 0) is 38.6 Å². The maximum absolute atomic E-state index is 12.4. The lowest BCUT2D eigenvalue weighted by atomic mass is 9.88. The Morgan fingerprint density at radius 1 is 1.05 bits per heavy atom. The number of carbonyl (C=O) groups excluding carboxylic acids is 1. The largest absolute Gasteiger partial charge is 0.351 e. The predicted octanol–water partition coefficient (Wildman–Crippen LogP) is 2.88. The summed E-state index contributed by atoms with van der Waals surface area (Å²) in [6.07, 6.45) is 8.42. The van der Waals surface area contributed by atoms with Gasteiger partial charge in [-0.3, -0.25) is 4.79 Å². The van der Waals surface area contributed by atoms with Gasteiger partial charge in [0.15, 0.2) is 0 Å². The van der Waals surface area contributed by atoms with Crippen LogP contribution in [0.25, 0.3) is 0 Å². The fourth-order valence-electron chi connectivity index (χ4n) is 3.43. The molecule has 112 valence electrons. The molecule has 3 unspecified atom stereocenters. The SMILES string of the molecule is CC1CCNC(C)C1NC(=O)C1CCCCCC1.Cl. The fraction of sp³-hybridized carbons (Fsp3) is 0.933. The van der Waals surface area contributed by atoms with Crippen LogP contribution in [0.3, 0.4) is 0 Å². The van der Waals surface area contributed by atoms with Crippen LogP contribution in [-0.2, 0) is 4.79 Å². The summed E-state index contributed by atoms with van der Waals surface area (Å²) in [6, 6.07) is 0.720. The summed E-state index contributed by atoms with van der Waals surface area (Å²) in [5.74, 6) is 1.18. The summed E-state index contributed by atoms with van der Waals surface area (Å²) in [6.45, 7) is 5.53. The van der Waals surface area contributed by atoms with Crippen LogP contribution in [-0.4, -0.2) is 24.5 Å². The van der Waals surface area contributed by atoms with Crippen LogP contribution in [0.4, 0.5) is 0 Å². The van der Waals surface area contributed by atoms with E-state index in [2.05, 4.69) is 24.5 Å². The van der Waals surface area contributed by atoms with Gasteiger partial charge in [0.2, 0.25) is 5.91 Å². The third kappa shape index (κ3) is 4.64. The highest BCUT2D eigenvalue weighted by Gasteiger charge is 2.30. The first kappa shape index (κ1) is 16.8. The second kappa shape index (κ2) is 8.11. The third-order valence-electron chi connectivity index (χ3n) is 4.75. The average molecular weight is 289 g/mol. The first-order valence-corrected chi connectivity index (χ1v) is 7.72. The van der Waals surface area contributed by atoms with Crippen LogP contribution in [0.2, 0.25) is 0 Å². The molecule has 0 aromatic rings. The zero-order valence-electron chi connectivity index (χ0n) is 12.3. The van der Waals surface area contributed by atoms with Gasteiger partial charge in [0.1, 0.15) is 0 Å². The molecule has 0 aromatic heterocycles. The number of halogens is 1. The third-order valence-corrected chi connectivity index (χ3v) is 4.75. The molecule has 0 aromatic carbocycles. The van der Waals surface area contributed by atoms with Crippen molar-refractivity contribution in [3.63, 3.8) is 0 Å². The molecule has 2 rings (SSSR count). The van der Waals surface area contributed by atoms with Crippen molar-refractivity contribution >= 4 is 18.3 Å². The topological polar surface area (TPSA) is 41.1 Å². The van der Waals surface area contributed by atoms with E-state index in [9.17, 15) is 4.79 Å². The van der Waals surface area contributed by atoms with E-state index >= 15 is 0 Å². The van der Waals surface area contributed by atoms with E-state index in [1.165, 1.54) is 32.1 Å². The molecular formula is C15H29ClN2O. The highest BCUT2D eigenvalue weighted by Crippen LogP contribution is 2.24. The molecular weight excluding hydrogens is 260 g/mol. The second-order valence-electron chi connectivity index (χ2n) is 6.23. The van der Waals surface area contributed by atoms with Gasteiger partial charge in [0, 0.05) is 18.0 Å². The Labute approximate surface area is 123 Å². The molecule has 0 spiro atoms. The predicted molar refractivity (Wildman–Crippen MR) is 81.6 cm³/mol. The van der Waals surface area contributed by atoms with E-state index in [-0.39, 0.29) is 18.3 Å². The number of rotatable bonds is 2. The minimum atomic E-state index is 0. The molecule has 2 N–H and O–H groups in total. The molecule has 19 heavy (non-hydrogen) atoms. The monoisotopic (exact) mass is 288 g/mol. The Hall–Kier alpha value is -0.280. The number of hydrogen-bond acceptors (Lipinski definition) is 2.